The van der Waals surface area contributed by atoms with E-state index in [1.807, 2.05) is 0 Å². The number of hydrogen-bond donors (Lipinski definition) is 2. The van der Waals surface area contributed by atoms with Crippen LogP contribution in [0.1, 0.15) is 0 Å². The number of rotatable bonds is 4. The summed E-state index contributed by atoms with van der Waals surface area (Å²) in [6, 6.07) is 0. The second kappa shape index (κ2) is 5.74. The molecule has 2 unspecified atom stereocenters. The molecule has 2 N–H and O–H groups in total. The Labute approximate surface area is 88.7 Å². The molecule has 0 bridgehead atoms. The summed E-state index contributed by atoms with van der Waals surface area (Å²) in [7, 11) is 4.44. The lowest BCUT2D eigenvalue weighted by atomic mass is 9.99. The van der Waals surface area contributed by atoms with Crippen molar-refractivity contribution >= 4 is 0 Å². The molecule has 0 aromatic carbocycles. The molecule has 0 aromatic rings. The van der Waals surface area contributed by atoms with Crippen LogP contribution in [0.15, 0.2) is 0 Å². The second-order valence-electron chi connectivity index (χ2n) is 3.35. The third-order valence-corrected chi connectivity index (χ3v) is 2.61. The summed E-state index contributed by atoms with van der Waals surface area (Å²) in [6.45, 7) is -0.244. The average Bonchev–Trinajstić information content (AvgIpc) is 2.27. The minimum absolute atomic E-state index is 0.244. The molecule has 0 aliphatic carbocycles. The van der Waals surface area contributed by atoms with Crippen LogP contribution in [-0.4, -0.2) is 68.9 Å². The van der Waals surface area contributed by atoms with E-state index in [4.69, 9.17) is 24.1 Å². The number of hydrogen-bond acceptors (Lipinski definition) is 6. The molecule has 1 aliphatic heterocycles. The number of aliphatic hydroxyl groups excluding tert-OH is 2. The Balaban J connectivity index is 2.80. The normalized spacial score (nSPS) is 41.8. The molecule has 1 heterocycles. The highest BCUT2D eigenvalue weighted by Gasteiger charge is 2.46. The minimum atomic E-state index is -1.12. The van der Waals surface area contributed by atoms with E-state index in [-0.39, 0.29) is 6.61 Å². The maximum atomic E-state index is 9.59. The molecule has 1 saturated heterocycles. The highest BCUT2D eigenvalue weighted by Crippen LogP contribution is 2.25. The fourth-order valence-corrected chi connectivity index (χ4v) is 1.85. The van der Waals surface area contributed by atoms with E-state index >= 15 is 0 Å². The Kier molecular flexibility index (Phi) is 4.91. The molecule has 90 valence electrons. The lowest BCUT2D eigenvalue weighted by Gasteiger charge is -2.42. The van der Waals surface area contributed by atoms with Crippen LogP contribution in [0.3, 0.4) is 0 Å². The van der Waals surface area contributed by atoms with Gasteiger partial charge in [0.2, 0.25) is 0 Å². The minimum Gasteiger partial charge on any atom is -0.394 e. The van der Waals surface area contributed by atoms with Crippen molar-refractivity contribution in [3.8, 4) is 0 Å². The average molecular weight is 222 g/mol. The zero-order chi connectivity index (χ0) is 11.4. The lowest BCUT2D eigenvalue weighted by Crippen LogP contribution is -2.60. The second-order valence-corrected chi connectivity index (χ2v) is 3.35. The van der Waals surface area contributed by atoms with Crippen LogP contribution in [0.25, 0.3) is 0 Å². The van der Waals surface area contributed by atoms with Crippen molar-refractivity contribution < 1.29 is 29.2 Å². The van der Waals surface area contributed by atoms with E-state index in [0.717, 1.165) is 0 Å². The molecule has 1 rings (SSSR count). The van der Waals surface area contributed by atoms with Crippen molar-refractivity contribution in [2.24, 2.45) is 0 Å². The molecule has 6 heteroatoms. The summed E-state index contributed by atoms with van der Waals surface area (Å²) in [5.74, 6) is 0. The van der Waals surface area contributed by atoms with Crippen LogP contribution in [0, 0.1) is 0 Å². The molecule has 0 amide bonds. The number of ether oxygens (including phenoxy) is 4. The SMILES string of the molecule is COC1[C@H](OC)C(CO)O[C@@H](O)[C@H]1OC. The summed E-state index contributed by atoms with van der Waals surface area (Å²) < 4.78 is 20.6. The van der Waals surface area contributed by atoms with Gasteiger partial charge in [0.25, 0.3) is 0 Å². The smallest absolute Gasteiger partial charge is 0.184 e. The van der Waals surface area contributed by atoms with Crippen LogP contribution in [0.5, 0.6) is 0 Å². The van der Waals surface area contributed by atoms with E-state index < -0.39 is 30.7 Å². The molecular weight excluding hydrogens is 204 g/mol. The third-order valence-electron chi connectivity index (χ3n) is 2.61. The van der Waals surface area contributed by atoms with Gasteiger partial charge >= 0.3 is 0 Å². The van der Waals surface area contributed by atoms with Gasteiger partial charge in [-0.15, -0.1) is 0 Å². The van der Waals surface area contributed by atoms with Crippen molar-refractivity contribution in [3.63, 3.8) is 0 Å². The van der Waals surface area contributed by atoms with Gasteiger partial charge in [0.05, 0.1) is 6.61 Å². The molecule has 15 heavy (non-hydrogen) atoms. The highest BCUT2D eigenvalue weighted by molar-refractivity contribution is 4.91. The molecular formula is C9H18O6. The van der Waals surface area contributed by atoms with E-state index in [1.165, 1.54) is 21.3 Å². The predicted octanol–water partition coefficient (Wildman–Crippen LogP) is -1.26. The lowest BCUT2D eigenvalue weighted by molar-refractivity contribution is -0.299. The van der Waals surface area contributed by atoms with Gasteiger partial charge < -0.3 is 29.2 Å². The molecule has 0 spiro atoms. The zero-order valence-corrected chi connectivity index (χ0v) is 9.12. The monoisotopic (exact) mass is 222 g/mol. The van der Waals surface area contributed by atoms with E-state index in [9.17, 15) is 5.11 Å². The van der Waals surface area contributed by atoms with Crippen molar-refractivity contribution in [1.82, 2.24) is 0 Å². The van der Waals surface area contributed by atoms with Gasteiger partial charge in [-0.25, -0.2) is 0 Å². The Morgan fingerprint density at radius 2 is 1.53 bits per heavy atom. The van der Waals surface area contributed by atoms with Crippen LogP contribution in [-0.2, 0) is 18.9 Å². The van der Waals surface area contributed by atoms with Crippen molar-refractivity contribution in [2.45, 2.75) is 30.7 Å². The zero-order valence-electron chi connectivity index (χ0n) is 9.12. The van der Waals surface area contributed by atoms with Gasteiger partial charge in [0.15, 0.2) is 6.29 Å². The molecule has 1 aliphatic rings. The largest absolute Gasteiger partial charge is 0.394 e. The molecule has 0 saturated carbocycles. The van der Waals surface area contributed by atoms with Crippen LogP contribution >= 0.6 is 0 Å². The topological polar surface area (TPSA) is 77.4 Å². The predicted molar refractivity (Wildman–Crippen MR) is 50.4 cm³/mol. The summed E-state index contributed by atoms with van der Waals surface area (Å²) in [6.07, 6.45) is -3.29. The fourth-order valence-electron chi connectivity index (χ4n) is 1.85. The van der Waals surface area contributed by atoms with E-state index in [0.29, 0.717) is 0 Å². The first-order chi connectivity index (χ1) is 7.19. The Morgan fingerprint density at radius 1 is 1.00 bits per heavy atom. The van der Waals surface area contributed by atoms with Crippen molar-refractivity contribution in [2.75, 3.05) is 27.9 Å². The number of methoxy groups -OCH3 is 3. The Morgan fingerprint density at radius 3 is 1.93 bits per heavy atom. The van der Waals surface area contributed by atoms with Crippen LogP contribution in [0.4, 0.5) is 0 Å². The van der Waals surface area contributed by atoms with Crippen LogP contribution in [0.2, 0.25) is 0 Å². The van der Waals surface area contributed by atoms with Gasteiger partial charge in [-0.2, -0.15) is 0 Å². The first kappa shape index (κ1) is 12.8. The fraction of sp³-hybridized carbons (Fsp3) is 1.00. The quantitative estimate of drug-likeness (QED) is 0.618. The summed E-state index contributed by atoms with van der Waals surface area (Å²) in [5.41, 5.74) is 0. The third kappa shape index (κ3) is 2.47. The van der Waals surface area contributed by atoms with Gasteiger partial charge in [0, 0.05) is 21.3 Å². The summed E-state index contributed by atoms with van der Waals surface area (Å²) in [5, 5.41) is 18.7. The van der Waals surface area contributed by atoms with Crippen LogP contribution < -0.4 is 0 Å². The van der Waals surface area contributed by atoms with Crippen molar-refractivity contribution in [3.05, 3.63) is 0 Å². The van der Waals surface area contributed by atoms with Gasteiger partial charge in [-0.05, 0) is 0 Å². The maximum absolute atomic E-state index is 9.59. The Hall–Kier alpha value is -0.240. The first-order valence-corrected chi connectivity index (χ1v) is 4.72. The summed E-state index contributed by atoms with van der Waals surface area (Å²) in [4.78, 5) is 0. The molecule has 0 radical (unpaired) electrons. The first-order valence-electron chi connectivity index (χ1n) is 4.72. The number of aliphatic hydroxyl groups is 2. The maximum Gasteiger partial charge on any atom is 0.184 e. The van der Waals surface area contributed by atoms with Gasteiger partial charge in [-0.3, -0.25) is 0 Å². The molecule has 5 atom stereocenters. The Bertz CT molecular complexity index is 187. The standard InChI is InChI=1S/C9H18O6/c1-12-6-5(4-10)15-9(11)8(14-3)7(6)13-2/h5-11H,4H2,1-3H3/t5?,6-,7?,8+,9-/m1/s1. The molecule has 1 fully saturated rings. The van der Waals surface area contributed by atoms with E-state index in [2.05, 4.69) is 0 Å². The van der Waals surface area contributed by atoms with Gasteiger partial charge in [-0.1, -0.05) is 0 Å². The molecule has 0 aromatic heterocycles. The van der Waals surface area contributed by atoms with E-state index in [1.54, 1.807) is 0 Å². The molecule has 6 nitrogen and oxygen atoms in total. The van der Waals surface area contributed by atoms with Crippen molar-refractivity contribution in [1.29, 1.82) is 0 Å². The van der Waals surface area contributed by atoms with Gasteiger partial charge in [0.1, 0.15) is 24.4 Å². The summed E-state index contributed by atoms with van der Waals surface area (Å²) >= 11 is 0. The highest BCUT2D eigenvalue weighted by atomic mass is 16.7.